The fraction of sp³-hybridized carbons (Fsp3) is 0.280. The van der Waals surface area contributed by atoms with Gasteiger partial charge in [-0.1, -0.05) is 23.4 Å². The molecule has 1 saturated heterocycles. The largest absolute Gasteiger partial charge is 0.491 e. The second-order valence-corrected chi connectivity index (χ2v) is 9.55. The molecule has 2 aromatic carbocycles. The molecule has 0 bridgehead atoms. The van der Waals surface area contributed by atoms with Gasteiger partial charge in [-0.05, 0) is 68.1 Å². The quantitative estimate of drug-likeness (QED) is 0.505. The Labute approximate surface area is 201 Å². The van der Waals surface area contributed by atoms with E-state index in [1.54, 1.807) is 11.0 Å². The molecule has 174 valence electrons. The van der Waals surface area contributed by atoms with Crippen molar-refractivity contribution in [3.05, 3.63) is 71.5 Å². The van der Waals surface area contributed by atoms with Crippen molar-refractivity contribution in [3.8, 4) is 17.1 Å². The number of rotatable bonds is 6. The van der Waals surface area contributed by atoms with Gasteiger partial charge in [0.2, 0.25) is 11.7 Å². The molecule has 1 fully saturated rings. The molecule has 0 spiro atoms. The van der Waals surface area contributed by atoms with Gasteiger partial charge in [0, 0.05) is 5.56 Å². The molecule has 0 radical (unpaired) electrons. The summed E-state index contributed by atoms with van der Waals surface area (Å²) < 4.78 is 11.2. The second-order valence-electron chi connectivity index (χ2n) is 8.50. The zero-order chi connectivity index (χ0) is 23.8. The summed E-state index contributed by atoms with van der Waals surface area (Å²) in [5, 5.41) is 5.55. The minimum absolute atomic E-state index is 0.0857. The molecule has 3 amide bonds. The van der Waals surface area contributed by atoms with Crippen LogP contribution in [0.1, 0.15) is 25.3 Å². The van der Waals surface area contributed by atoms with Crippen molar-refractivity contribution >= 4 is 29.4 Å². The molecular weight excluding hydrogens is 452 g/mol. The van der Waals surface area contributed by atoms with Crippen molar-refractivity contribution in [3.63, 3.8) is 0 Å². The zero-order valence-electron chi connectivity index (χ0n) is 19.0. The van der Waals surface area contributed by atoms with Gasteiger partial charge < -0.3 is 14.2 Å². The molecule has 3 aromatic rings. The number of anilines is 1. The van der Waals surface area contributed by atoms with E-state index in [9.17, 15) is 9.59 Å². The summed E-state index contributed by atoms with van der Waals surface area (Å²) in [6.45, 7) is 5.97. The highest BCUT2D eigenvalue weighted by atomic mass is 32.2. The number of hydrogen-bond acceptors (Lipinski definition) is 7. The van der Waals surface area contributed by atoms with E-state index in [1.807, 2.05) is 74.7 Å². The summed E-state index contributed by atoms with van der Waals surface area (Å²) in [7, 11) is 0. The molecule has 2 aliphatic rings. The fourth-order valence-corrected chi connectivity index (χ4v) is 5.10. The van der Waals surface area contributed by atoms with E-state index in [0.29, 0.717) is 17.4 Å². The number of ether oxygens (including phenoxy) is 1. The smallest absolute Gasteiger partial charge is 0.332 e. The normalized spacial score (nSPS) is 19.8. The number of hydrogen-bond donors (Lipinski definition) is 0. The van der Waals surface area contributed by atoms with Crippen molar-refractivity contribution in [2.75, 3.05) is 4.90 Å². The molecule has 3 heterocycles. The number of fused-ring (bicyclic) bond motifs is 1. The first-order valence-corrected chi connectivity index (χ1v) is 12.0. The first-order chi connectivity index (χ1) is 16.4. The Kier molecular flexibility index (Phi) is 5.87. The van der Waals surface area contributed by atoms with Crippen LogP contribution in [0.3, 0.4) is 0 Å². The first kappa shape index (κ1) is 22.2. The Morgan fingerprint density at radius 2 is 1.94 bits per heavy atom. The lowest BCUT2D eigenvalue weighted by molar-refractivity contribution is -0.119. The summed E-state index contributed by atoms with van der Waals surface area (Å²) in [4.78, 5) is 34.0. The number of amides is 3. The fourth-order valence-electron chi connectivity index (χ4n) is 4.06. The topological polar surface area (TPSA) is 88.8 Å². The van der Waals surface area contributed by atoms with Crippen molar-refractivity contribution in [1.82, 2.24) is 15.0 Å². The summed E-state index contributed by atoms with van der Waals surface area (Å²) in [6, 6.07) is 14.0. The van der Waals surface area contributed by atoms with Crippen molar-refractivity contribution in [1.29, 1.82) is 0 Å². The zero-order valence-corrected chi connectivity index (χ0v) is 19.9. The van der Waals surface area contributed by atoms with E-state index in [0.717, 1.165) is 16.9 Å². The lowest BCUT2D eigenvalue weighted by Crippen LogP contribution is -2.61. The van der Waals surface area contributed by atoms with Crippen LogP contribution in [0.2, 0.25) is 0 Å². The first-order valence-electron chi connectivity index (χ1n) is 11.0. The molecule has 1 aromatic heterocycles. The Bertz CT molecular complexity index is 1250. The van der Waals surface area contributed by atoms with Gasteiger partial charge in [0.25, 0.3) is 5.91 Å². The van der Waals surface area contributed by atoms with E-state index in [-0.39, 0.29) is 24.6 Å². The average molecular weight is 477 g/mol. The Hall–Kier alpha value is -3.59. The molecule has 0 N–H and O–H groups in total. The second kappa shape index (κ2) is 8.98. The van der Waals surface area contributed by atoms with Crippen molar-refractivity contribution in [2.45, 2.75) is 44.7 Å². The lowest BCUT2D eigenvalue weighted by Gasteiger charge is -2.40. The maximum Gasteiger partial charge on any atom is 0.332 e. The number of imide groups is 1. The van der Waals surface area contributed by atoms with Gasteiger partial charge in [0.15, 0.2) is 0 Å². The molecule has 0 saturated carbocycles. The van der Waals surface area contributed by atoms with Gasteiger partial charge in [0.1, 0.15) is 17.5 Å². The molecule has 0 aliphatic carbocycles. The molecule has 34 heavy (non-hydrogen) atoms. The minimum atomic E-state index is -0.408. The summed E-state index contributed by atoms with van der Waals surface area (Å²) in [5.74, 6) is 1.27. The van der Waals surface area contributed by atoms with Crippen molar-refractivity contribution in [2.24, 2.45) is 0 Å². The molecule has 5 rings (SSSR count). The number of carbonyl (C=O) groups excluding carboxylic acids is 2. The maximum absolute atomic E-state index is 13.5. The standard InChI is InChI=1S/C25H24N4O4S/c1-15(2)32-19-9-7-17(8-10-19)23-26-21(33-27-23)14-28-20-11-12-34-22(20)24(30)29(25(28)31)18-6-4-5-16(3)13-18/h4-13,15,20,22H,14H2,1-3H3. The third-order valence-electron chi connectivity index (χ3n) is 5.59. The predicted octanol–water partition coefficient (Wildman–Crippen LogP) is 4.80. The van der Waals surface area contributed by atoms with Crippen molar-refractivity contribution < 1.29 is 18.8 Å². The Morgan fingerprint density at radius 1 is 1.15 bits per heavy atom. The van der Waals surface area contributed by atoms with Crippen LogP contribution in [0.25, 0.3) is 11.4 Å². The minimum Gasteiger partial charge on any atom is -0.491 e. The van der Waals surface area contributed by atoms with Crippen LogP contribution in [0.15, 0.2) is 64.5 Å². The molecule has 2 aliphatic heterocycles. The average Bonchev–Trinajstić information content (AvgIpc) is 3.47. The summed E-state index contributed by atoms with van der Waals surface area (Å²) >= 11 is 1.42. The van der Waals surface area contributed by atoms with E-state index in [1.165, 1.54) is 16.7 Å². The van der Waals surface area contributed by atoms with Gasteiger partial charge in [-0.3, -0.25) is 4.79 Å². The maximum atomic E-state index is 13.5. The highest BCUT2D eigenvalue weighted by Crippen LogP contribution is 2.37. The monoisotopic (exact) mass is 476 g/mol. The van der Waals surface area contributed by atoms with Crippen LogP contribution in [-0.2, 0) is 11.3 Å². The van der Waals surface area contributed by atoms with Crippen LogP contribution < -0.4 is 9.64 Å². The SMILES string of the molecule is Cc1cccc(N2C(=O)C3SC=CC3N(Cc3nc(-c4ccc(OC(C)C)cc4)no3)C2=O)c1. The number of aryl methyl sites for hydroxylation is 1. The van der Waals surface area contributed by atoms with Gasteiger partial charge in [-0.25, -0.2) is 9.69 Å². The van der Waals surface area contributed by atoms with Gasteiger partial charge in [-0.2, -0.15) is 4.98 Å². The Morgan fingerprint density at radius 3 is 2.68 bits per heavy atom. The predicted molar refractivity (Wildman–Crippen MR) is 129 cm³/mol. The molecular formula is C25H24N4O4S. The number of nitrogens with zero attached hydrogens (tertiary/aromatic N) is 4. The van der Waals surface area contributed by atoms with E-state index in [2.05, 4.69) is 10.1 Å². The van der Waals surface area contributed by atoms with Crippen LogP contribution >= 0.6 is 11.8 Å². The number of aromatic nitrogens is 2. The van der Waals surface area contributed by atoms with E-state index in [4.69, 9.17) is 9.26 Å². The summed E-state index contributed by atoms with van der Waals surface area (Å²) in [6.07, 6.45) is 1.96. The van der Waals surface area contributed by atoms with Crippen LogP contribution in [0, 0.1) is 6.92 Å². The highest BCUT2D eigenvalue weighted by molar-refractivity contribution is 8.03. The number of urea groups is 1. The number of carbonyl (C=O) groups is 2. The lowest BCUT2D eigenvalue weighted by atomic mass is 10.1. The van der Waals surface area contributed by atoms with Gasteiger partial charge >= 0.3 is 6.03 Å². The van der Waals surface area contributed by atoms with E-state index < -0.39 is 11.3 Å². The van der Waals surface area contributed by atoms with Crippen LogP contribution in [0.5, 0.6) is 5.75 Å². The number of benzene rings is 2. The number of thioether (sulfide) groups is 1. The third-order valence-corrected chi connectivity index (χ3v) is 6.68. The van der Waals surface area contributed by atoms with E-state index >= 15 is 0 Å². The summed E-state index contributed by atoms with van der Waals surface area (Å²) in [5.41, 5.74) is 2.30. The molecule has 8 nitrogen and oxygen atoms in total. The molecule has 9 heteroatoms. The van der Waals surface area contributed by atoms with Crippen LogP contribution in [-0.4, -0.2) is 44.4 Å². The van der Waals surface area contributed by atoms with Crippen LogP contribution in [0.4, 0.5) is 10.5 Å². The van der Waals surface area contributed by atoms with Gasteiger partial charge in [0.05, 0.1) is 17.8 Å². The van der Waals surface area contributed by atoms with Gasteiger partial charge in [-0.15, -0.1) is 11.8 Å². The highest BCUT2D eigenvalue weighted by Gasteiger charge is 2.48. The Balaban J connectivity index is 1.39. The third kappa shape index (κ3) is 4.19. The molecule has 2 unspecified atom stereocenters. The molecule has 2 atom stereocenters.